The Morgan fingerprint density at radius 2 is 0.971 bits per heavy atom. The number of amides is 6. The minimum atomic E-state index is -0.725. The molecule has 0 aromatic carbocycles. The molecule has 0 heterocycles. The molecule has 0 spiro atoms. The predicted octanol–water partition coefficient (Wildman–Crippen LogP) is -4.83. The molecule has 0 aromatic heterocycles. The van der Waals surface area contributed by atoms with Crippen molar-refractivity contribution >= 4 is 59.0 Å². The molecule has 0 bridgehead atoms. The zero-order chi connectivity index (χ0) is 26.8. The smallest absolute Gasteiger partial charge is 0.239 e. The average Bonchev–Trinajstić information content (AvgIpc) is 2.83. The number of primary amides is 1. The Hall–Kier alpha value is -3.03. The molecule has 5 N–H and O–H groups in total. The molecule has 0 fully saturated rings. The fraction of sp³-hybridized carbons (Fsp3) is 0.684. The van der Waals surface area contributed by atoms with E-state index in [2.05, 4.69) is 16.0 Å². The number of nitrogens with zero attached hydrogens (tertiary/aromatic N) is 3. The summed E-state index contributed by atoms with van der Waals surface area (Å²) in [7, 11) is 17.8. The first kappa shape index (κ1) is 32.0. The van der Waals surface area contributed by atoms with Gasteiger partial charge in [0.1, 0.15) is 0 Å². The maximum Gasteiger partial charge on any atom is 0.239 e. The molecule has 0 saturated heterocycles. The number of nitrogens with one attached hydrogen (secondary N) is 3. The van der Waals surface area contributed by atoms with Crippen LogP contribution >= 0.6 is 0 Å². The van der Waals surface area contributed by atoms with Crippen LogP contribution in [0.15, 0.2) is 0 Å². The van der Waals surface area contributed by atoms with Crippen LogP contribution in [0.5, 0.6) is 0 Å². The third kappa shape index (κ3) is 14.1. The van der Waals surface area contributed by atoms with E-state index in [1.54, 1.807) is 7.05 Å². The molecule has 0 saturated carbocycles. The van der Waals surface area contributed by atoms with E-state index in [0.29, 0.717) is 13.1 Å². The van der Waals surface area contributed by atoms with E-state index in [0.717, 1.165) is 9.80 Å². The molecule has 13 nitrogen and oxygen atoms in total. The molecule has 0 aliphatic carbocycles. The molecular formula is C19H32B3N7O6. The summed E-state index contributed by atoms with van der Waals surface area (Å²) in [5.74, 6) is -3.12. The monoisotopic (exact) mass is 487 g/mol. The van der Waals surface area contributed by atoms with Crippen LogP contribution in [0, 0.1) is 0 Å². The van der Waals surface area contributed by atoms with Gasteiger partial charge in [-0.3, -0.25) is 28.8 Å². The normalized spacial score (nSPS) is 10.2. The fourth-order valence-corrected chi connectivity index (χ4v) is 2.82. The van der Waals surface area contributed by atoms with Crippen LogP contribution in [-0.2, 0) is 28.8 Å². The van der Waals surface area contributed by atoms with Gasteiger partial charge in [0, 0.05) is 39.3 Å². The zero-order valence-corrected chi connectivity index (χ0v) is 20.1. The Kier molecular flexibility index (Phi) is 16.7. The summed E-state index contributed by atoms with van der Waals surface area (Å²) in [5, 5.41) is 7.99. The first-order valence-electron chi connectivity index (χ1n) is 11.0. The van der Waals surface area contributed by atoms with E-state index >= 15 is 0 Å². The number of carbonyl (C=O) groups is 6. The van der Waals surface area contributed by atoms with E-state index in [-0.39, 0.29) is 70.7 Å². The summed E-state index contributed by atoms with van der Waals surface area (Å²) < 4.78 is 0. The number of hydrogen-bond donors (Lipinski definition) is 4. The Morgan fingerprint density at radius 1 is 0.629 bits per heavy atom. The Morgan fingerprint density at radius 3 is 1.29 bits per heavy atom. The number of nitrogens with two attached hydrogens (primary N) is 1. The molecule has 35 heavy (non-hydrogen) atoms. The highest BCUT2D eigenvalue weighted by Crippen LogP contribution is 1.96. The van der Waals surface area contributed by atoms with Crippen molar-refractivity contribution in [3.8, 4) is 0 Å². The first-order valence-corrected chi connectivity index (χ1v) is 11.0. The van der Waals surface area contributed by atoms with Gasteiger partial charge in [0.25, 0.3) is 0 Å². The number of rotatable bonds is 18. The summed E-state index contributed by atoms with van der Waals surface area (Å²) in [6.07, 6.45) is -0.896. The summed E-state index contributed by atoms with van der Waals surface area (Å²) >= 11 is 0. The van der Waals surface area contributed by atoms with Crippen molar-refractivity contribution in [2.24, 2.45) is 5.73 Å². The largest absolute Gasteiger partial charge is 0.368 e. The zero-order valence-electron chi connectivity index (χ0n) is 20.1. The molecule has 0 aliphatic heterocycles. The van der Waals surface area contributed by atoms with E-state index < -0.39 is 29.5 Å². The van der Waals surface area contributed by atoms with Crippen LogP contribution in [0.2, 0.25) is 19.0 Å². The molecule has 6 radical (unpaired) electrons. The van der Waals surface area contributed by atoms with Gasteiger partial charge < -0.3 is 36.4 Å². The van der Waals surface area contributed by atoms with Crippen molar-refractivity contribution in [1.82, 2.24) is 30.7 Å². The van der Waals surface area contributed by atoms with Gasteiger partial charge in [0.2, 0.25) is 35.4 Å². The highest BCUT2D eigenvalue weighted by atomic mass is 16.2. The molecule has 16 heteroatoms. The van der Waals surface area contributed by atoms with Gasteiger partial charge in [-0.1, -0.05) is 0 Å². The molecule has 0 aromatic rings. The highest BCUT2D eigenvalue weighted by Gasteiger charge is 2.18. The van der Waals surface area contributed by atoms with E-state index in [1.165, 1.54) is 4.90 Å². The minimum Gasteiger partial charge on any atom is -0.368 e. The standard InChI is InChI=1S/C19H32B3N7O6/c1-24-2-5-28(18(34)9-21)12-15(31)26-4-7-29(19(35)10-22)13-16(32)25-3-6-27(11-14(23)30)17(33)8-20/h24H,2-13H2,1H3,(H2,23,30)(H,25,32)(H,26,31). The van der Waals surface area contributed by atoms with Crippen molar-refractivity contribution in [3.05, 3.63) is 0 Å². The Bertz CT molecular complexity index is 744. The van der Waals surface area contributed by atoms with Gasteiger partial charge in [0.05, 0.1) is 43.2 Å². The van der Waals surface area contributed by atoms with Gasteiger partial charge in [-0.15, -0.1) is 0 Å². The Labute approximate surface area is 209 Å². The lowest BCUT2D eigenvalue weighted by atomic mass is 10.0. The SMILES string of the molecule is [B]CC(=O)N(CCNC(=O)CN(CCNC(=O)CN(CCNC)C(=O)C[B])C(=O)C[B])CC(N)=O. The van der Waals surface area contributed by atoms with Crippen LogP contribution in [0.3, 0.4) is 0 Å². The lowest BCUT2D eigenvalue weighted by Crippen LogP contribution is -2.48. The third-order valence-corrected chi connectivity index (χ3v) is 4.64. The number of likely N-dealkylation sites (N-methyl/N-ethyl adjacent to an activating group) is 1. The van der Waals surface area contributed by atoms with Gasteiger partial charge in [-0.2, -0.15) is 0 Å². The van der Waals surface area contributed by atoms with Crippen molar-refractivity contribution < 1.29 is 28.8 Å². The summed E-state index contributed by atoms with van der Waals surface area (Å²) in [4.78, 5) is 74.8. The van der Waals surface area contributed by atoms with E-state index in [9.17, 15) is 28.8 Å². The van der Waals surface area contributed by atoms with Crippen molar-refractivity contribution in [1.29, 1.82) is 0 Å². The third-order valence-electron chi connectivity index (χ3n) is 4.64. The number of hydrogen-bond acceptors (Lipinski definition) is 7. The molecule has 0 rings (SSSR count). The molecular weight excluding hydrogens is 455 g/mol. The topological polar surface area (TPSA) is 174 Å². The molecule has 0 atom stereocenters. The second-order valence-corrected chi connectivity index (χ2v) is 7.33. The van der Waals surface area contributed by atoms with Crippen LogP contribution in [0.25, 0.3) is 0 Å². The molecule has 0 unspecified atom stereocenters. The predicted molar refractivity (Wildman–Crippen MR) is 131 cm³/mol. The first-order chi connectivity index (χ1) is 16.6. The quantitative estimate of drug-likeness (QED) is 0.140. The van der Waals surface area contributed by atoms with Gasteiger partial charge >= 0.3 is 0 Å². The van der Waals surface area contributed by atoms with Crippen LogP contribution in [0.4, 0.5) is 0 Å². The van der Waals surface area contributed by atoms with Crippen LogP contribution < -0.4 is 21.7 Å². The fourth-order valence-electron chi connectivity index (χ4n) is 2.82. The lowest BCUT2D eigenvalue weighted by Gasteiger charge is -2.24. The average molecular weight is 487 g/mol. The van der Waals surface area contributed by atoms with Crippen molar-refractivity contribution in [2.45, 2.75) is 19.0 Å². The molecule has 6 amide bonds. The van der Waals surface area contributed by atoms with E-state index in [4.69, 9.17) is 29.3 Å². The number of carbonyl (C=O) groups excluding carboxylic acids is 6. The molecule has 188 valence electrons. The summed E-state index contributed by atoms with van der Waals surface area (Å²) in [6, 6.07) is 0. The van der Waals surface area contributed by atoms with Crippen molar-refractivity contribution in [3.63, 3.8) is 0 Å². The van der Waals surface area contributed by atoms with Crippen molar-refractivity contribution in [2.75, 3.05) is 66.0 Å². The van der Waals surface area contributed by atoms with Gasteiger partial charge in [-0.25, -0.2) is 0 Å². The second-order valence-electron chi connectivity index (χ2n) is 7.33. The maximum atomic E-state index is 12.3. The maximum absolute atomic E-state index is 12.3. The minimum absolute atomic E-state index is 0.00280. The van der Waals surface area contributed by atoms with Crippen LogP contribution in [0.1, 0.15) is 0 Å². The highest BCUT2D eigenvalue weighted by molar-refractivity contribution is 6.20. The van der Waals surface area contributed by atoms with E-state index in [1.807, 2.05) is 0 Å². The lowest BCUT2D eigenvalue weighted by molar-refractivity contribution is -0.135. The van der Waals surface area contributed by atoms with Gasteiger partial charge in [0.15, 0.2) is 0 Å². The summed E-state index contributed by atoms with van der Waals surface area (Å²) in [6.45, 7) is -0.0965. The van der Waals surface area contributed by atoms with Crippen LogP contribution in [-0.4, -0.2) is 140 Å². The van der Waals surface area contributed by atoms with Gasteiger partial charge in [-0.05, 0) is 26.0 Å². The Balaban J connectivity index is 4.70. The summed E-state index contributed by atoms with van der Waals surface area (Å²) in [5.41, 5.74) is 5.09. The second kappa shape index (κ2) is 18.3. The molecule has 0 aliphatic rings.